The molecule has 15 heavy (non-hydrogen) atoms. The van der Waals surface area contributed by atoms with Gasteiger partial charge in [0.2, 0.25) is 0 Å². The van der Waals surface area contributed by atoms with Crippen LogP contribution in [-0.2, 0) is 6.18 Å². The van der Waals surface area contributed by atoms with Gasteiger partial charge in [-0.05, 0) is 18.3 Å². The second-order valence-electron chi connectivity index (χ2n) is 2.80. The van der Waals surface area contributed by atoms with E-state index in [-0.39, 0.29) is 15.4 Å². The van der Waals surface area contributed by atoms with Gasteiger partial charge >= 0.3 is 6.18 Å². The lowest BCUT2D eigenvalue weighted by molar-refractivity contribution is -0.137. The van der Waals surface area contributed by atoms with Crippen LogP contribution in [0.2, 0.25) is 5.02 Å². The van der Waals surface area contributed by atoms with Crippen LogP contribution in [-0.4, -0.2) is 14.6 Å². The molecule has 0 amide bonds. The first-order chi connectivity index (χ1) is 6.89. The lowest BCUT2D eigenvalue weighted by atomic mass is 10.3. The van der Waals surface area contributed by atoms with Crippen LogP contribution in [0.3, 0.4) is 0 Å². The maximum atomic E-state index is 12.4. The number of rotatable bonds is 0. The van der Waals surface area contributed by atoms with Gasteiger partial charge in [-0.15, -0.1) is 0 Å². The van der Waals surface area contributed by atoms with Crippen molar-refractivity contribution in [1.29, 1.82) is 0 Å². The first kappa shape index (κ1) is 10.4. The number of nitrogens with zero attached hydrogens (tertiary/aromatic N) is 2. The first-order valence-electron chi connectivity index (χ1n) is 3.73. The molecule has 80 valence electrons. The van der Waals surface area contributed by atoms with Crippen molar-refractivity contribution in [2.75, 3.05) is 0 Å². The largest absolute Gasteiger partial charge is 0.417 e. The van der Waals surface area contributed by atoms with E-state index >= 15 is 0 Å². The highest BCUT2D eigenvalue weighted by Gasteiger charge is 2.31. The van der Waals surface area contributed by atoms with Crippen LogP contribution in [0.1, 0.15) is 5.56 Å². The van der Waals surface area contributed by atoms with Crippen molar-refractivity contribution in [3.8, 4) is 0 Å². The monoisotopic (exact) mass is 253 g/mol. The Hall–Kier alpha value is -1.08. The van der Waals surface area contributed by atoms with Gasteiger partial charge < -0.3 is 0 Å². The van der Waals surface area contributed by atoms with Crippen LogP contribution in [0.15, 0.2) is 12.3 Å². The van der Waals surface area contributed by atoms with Crippen molar-refractivity contribution in [2.45, 2.75) is 6.18 Å². The lowest BCUT2D eigenvalue weighted by Crippen LogP contribution is -2.06. The smallest absolute Gasteiger partial charge is 0.274 e. The first-order valence-corrected chi connectivity index (χ1v) is 4.51. The van der Waals surface area contributed by atoms with E-state index in [2.05, 4.69) is 10.2 Å². The number of hydrogen-bond acceptors (Lipinski definition) is 2. The number of pyridine rings is 1. The molecule has 2 aromatic rings. The molecule has 0 aliphatic carbocycles. The van der Waals surface area contributed by atoms with Crippen LogP contribution < -0.4 is 0 Å². The Kier molecular flexibility index (Phi) is 2.23. The minimum Gasteiger partial charge on any atom is -0.274 e. The fourth-order valence-electron chi connectivity index (χ4n) is 1.13. The van der Waals surface area contributed by atoms with E-state index in [9.17, 15) is 13.2 Å². The van der Waals surface area contributed by atoms with Crippen LogP contribution in [0.4, 0.5) is 13.2 Å². The van der Waals surface area contributed by atoms with Crippen molar-refractivity contribution in [3.63, 3.8) is 0 Å². The Balaban J connectivity index is 2.82. The summed E-state index contributed by atoms with van der Waals surface area (Å²) in [6, 6.07) is 0.812. The van der Waals surface area contributed by atoms with E-state index < -0.39 is 11.7 Å². The van der Waals surface area contributed by atoms with Crippen LogP contribution in [0.25, 0.3) is 5.65 Å². The van der Waals surface area contributed by atoms with E-state index in [1.807, 2.05) is 0 Å². The Labute approximate surface area is 91.5 Å². The normalized spacial score (nSPS) is 12.3. The molecular formula is C7H3ClF3N3S. The zero-order valence-corrected chi connectivity index (χ0v) is 8.54. The summed E-state index contributed by atoms with van der Waals surface area (Å²) in [6.45, 7) is 0. The zero-order chi connectivity index (χ0) is 11.2. The number of alkyl halides is 3. The summed E-state index contributed by atoms with van der Waals surface area (Å²) in [7, 11) is 0. The van der Waals surface area contributed by atoms with Gasteiger partial charge in [-0.25, -0.2) is 0 Å². The molecule has 2 rings (SSSR count). The van der Waals surface area contributed by atoms with Crippen molar-refractivity contribution in [2.24, 2.45) is 0 Å². The van der Waals surface area contributed by atoms with Crippen molar-refractivity contribution >= 4 is 29.5 Å². The van der Waals surface area contributed by atoms with Gasteiger partial charge in [-0.2, -0.15) is 18.3 Å². The molecule has 0 aliphatic heterocycles. The minimum absolute atomic E-state index is 0.0676. The average Bonchev–Trinajstić information content (AvgIpc) is 2.47. The molecule has 0 bridgehead atoms. The lowest BCUT2D eigenvalue weighted by Gasteiger charge is -2.07. The zero-order valence-electron chi connectivity index (χ0n) is 6.97. The molecule has 0 aromatic carbocycles. The van der Waals surface area contributed by atoms with Gasteiger partial charge in [0.05, 0.1) is 10.6 Å². The number of H-pyrrole nitrogens is 1. The van der Waals surface area contributed by atoms with Gasteiger partial charge in [-0.1, -0.05) is 11.6 Å². The standard InChI is InChI=1S/C7H3ClF3N3S/c8-4-1-3(7(9,10)11)2-14-5(4)12-13-6(14)15/h1-2H,(H,13,15). The number of halogens is 4. The predicted molar refractivity (Wildman–Crippen MR) is 50.4 cm³/mol. The number of aromatic nitrogens is 3. The second-order valence-corrected chi connectivity index (χ2v) is 3.59. The van der Waals surface area contributed by atoms with Gasteiger partial charge in [0.15, 0.2) is 10.4 Å². The third kappa shape index (κ3) is 1.72. The van der Waals surface area contributed by atoms with Crippen LogP contribution in [0, 0.1) is 4.77 Å². The van der Waals surface area contributed by atoms with Crippen LogP contribution >= 0.6 is 23.8 Å². The molecule has 1 N–H and O–H groups in total. The Morgan fingerprint density at radius 2 is 2.13 bits per heavy atom. The van der Waals surface area contributed by atoms with E-state index in [4.69, 9.17) is 23.8 Å². The van der Waals surface area contributed by atoms with E-state index in [0.29, 0.717) is 0 Å². The van der Waals surface area contributed by atoms with E-state index in [0.717, 1.165) is 16.7 Å². The maximum Gasteiger partial charge on any atom is 0.417 e. The fourth-order valence-corrected chi connectivity index (χ4v) is 1.56. The highest BCUT2D eigenvalue weighted by molar-refractivity contribution is 7.71. The number of aromatic amines is 1. The Morgan fingerprint density at radius 3 is 2.73 bits per heavy atom. The fraction of sp³-hybridized carbons (Fsp3) is 0.143. The third-order valence-corrected chi connectivity index (χ3v) is 2.36. The molecule has 0 saturated heterocycles. The number of fused-ring (bicyclic) bond motifs is 1. The highest BCUT2D eigenvalue weighted by atomic mass is 35.5. The summed E-state index contributed by atoms with van der Waals surface area (Å²) in [5.41, 5.74) is -0.688. The summed E-state index contributed by atoms with van der Waals surface area (Å²) in [5.74, 6) is 0. The summed E-state index contributed by atoms with van der Waals surface area (Å²) in [5, 5.41) is 5.95. The summed E-state index contributed by atoms with van der Waals surface area (Å²) >= 11 is 10.4. The van der Waals surface area contributed by atoms with Crippen molar-refractivity contribution in [3.05, 3.63) is 27.6 Å². The predicted octanol–water partition coefficient (Wildman–Crippen LogP) is 3.06. The SMILES string of the molecule is FC(F)(F)c1cc(Cl)c2n[nH]c(=S)n2c1. The van der Waals surface area contributed by atoms with E-state index in [1.165, 1.54) is 0 Å². The highest BCUT2D eigenvalue weighted by Crippen LogP contribution is 2.31. The quantitative estimate of drug-likeness (QED) is 0.732. The molecular weight excluding hydrogens is 251 g/mol. The topological polar surface area (TPSA) is 33.1 Å². The summed E-state index contributed by atoms with van der Waals surface area (Å²) in [6.07, 6.45) is -3.60. The molecule has 0 atom stereocenters. The maximum absolute atomic E-state index is 12.4. The second kappa shape index (κ2) is 3.21. The molecule has 0 spiro atoms. The average molecular weight is 254 g/mol. The van der Waals surface area contributed by atoms with Crippen molar-refractivity contribution in [1.82, 2.24) is 14.6 Å². The Morgan fingerprint density at radius 1 is 1.47 bits per heavy atom. The molecule has 2 heterocycles. The molecule has 0 radical (unpaired) electrons. The molecule has 0 aliphatic rings. The molecule has 0 saturated carbocycles. The number of hydrogen-bond donors (Lipinski definition) is 1. The van der Waals surface area contributed by atoms with E-state index in [1.54, 1.807) is 0 Å². The van der Waals surface area contributed by atoms with Crippen LogP contribution in [0.5, 0.6) is 0 Å². The third-order valence-electron chi connectivity index (χ3n) is 1.80. The van der Waals surface area contributed by atoms with Gasteiger partial charge in [0, 0.05) is 6.20 Å². The summed E-state index contributed by atoms with van der Waals surface area (Å²) in [4.78, 5) is 0. The molecule has 3 nitrogen and oxygen atoms in total. The number of nitrogens with one attached hydrogen (secondary N) is 1. The molecule has 0 fully saturated rings. The minimum atomic E-state index is -4.45. The Bertz CT molecular complexity index is 571. The van der Waals surface area contributed by atoms with Gasteiger partial charge in [-0.3, -0.25) is 9.50 Å². The molecule has 8 heteroatoms. The molecule has 2 aromatic heterocycles. The summed E-state index contributed by atoms with van der Waals surface area (Å²) < 4.78 is 38.3. The van der Waals surface area contributed by atoms with Crippen molar-refractivity contribution < 1.29 is 13.2 Å². The van der Waals surface area contributed by atoms with Gasteiger partial charge in [0.25, 0.3) is 0 Å². The molecule has 0 unspecified atom stereocenters. The van der Waals surface area contributed by atoms with Gasteiger partial charge in [0.1, 0.15) is 0 Å².